The third-order valence-electron chi connectivity index (χ3n) is 1.65. The topological polar surface area (TPSA) is 0 Å². The normalized spacial score (nSPS) is 19.3. The first kappa shape index (κ1) is 8.54. The van der Waals surface area contributed by atoms with Gasteiger partial charge in [0, 0.05) is 5.33 Å². The van der Waals surface area contributed by atoms with Crippen LogP contribution in [0.4, 0.5) is 0 Å². The number of rotatable bonds is 1. The van der Waals surface area contributed by atoms with Crippen molar-refractivity contribution in [1.82, 2.24) is 0 Å². The van der Waals surface area contributed by atoms with Crippen LogP contribution in [0.2, 0.25) is 0 Å². The first-order chi connectivity index (χ1) is 4.74. The second kappa shape index (κ2) is 3.72. The zero-order valence-electron chi connectivity index (χ0n) is 5.95. The number of allylic oxidation sites excluding steroid dienone is 4. The second-order valence-corrected chi connectivity index (χ2v) is 4.07. The van der Waals surface area contributed by atoms with Crippen LogP contribution in [0.25, 0.3) is 0 Å². The molecule has 0 atom stereocenters. The summed E-state index contributed by atoms with van der Waals surface area (Å²) >= 11 is 6.99. The minimum absolute atomic E-state index is 0.963. The van der Waals surface area contributed by atoms with Crippen LogP contribution in [-0.4, -0.2) is 5.33 Å². The van der Waals surface area contributed by atoms with Gasteiger partial charge in [-0.15, -0.1) is 0 Å². The molecule has 1 rings (SSSR count). The van der Waals surface area contributed by atoms with Crippen molar-refractivity contribution in [3.63, 3.8) is 0 Å². The molecule has 0 spiro atoms. The van der Waals surface area contributed by atoms with Crippen LogP contribution in [0.5, 0.6) is 0 Å². The molecule has 0 amide bonds. The summed E-state index contributed by atoms with van der Waals surface area (Å²) in [6.07, 6.45) is 4.63. The van der Waals surface area contributed by atoms with E-state index in [9.17, 15) is 0 Å². The van der Waals surface area contributed by atoms with Gasteiger partial charge in [0.25, 0.3) is 0 Å². The zero-order chi connectivity index (χ0) is 7.56. The number of hydrogen-bond acceptors (Lipinski definition) is 0. The molecule has 2 heteroatoms. The second-order valence-electron chi connectivity index (χ2n) is 2.55. The molecule has 1 aliphatic rings. The van der Waals surface area contributed by atoms with E-state index in [4.69, 9.17) is 0 Å². The lowest BCUT2D eigenvalue weighted by atomic mass is 10.0. The van der Waals surface area contributed by atoms with E-state index in [1.165, 1.54) is 28.5 Å². The SMILES string of the molecule is CC1=CC(CBr)=C(Br)CC1. The Kier molecular flexibility index (Phi) is 3.18. The van der Waals surface area contributed by atoms with Crippen LogP contribution in [0.3, 0.4) is 0 Å². The molecule has 0 saturated carbocycles. The maximum atomic E-state index is 3.55. The molecule has 0 bridgehead atoms. The maximum absolute atomic E-state index is 3.55. The van der Waals surface area contributed by atoms with Gasteiger partial charge in [-0.1, -0.05) is 43.5 Å². The predicted molar refractivity (Wildman–Crippen MR) is 52.7 cm³/mol. The van der Waals surface area contributed by atoms with Gasteiger partial charge in [0.05, 0.1) is 0 Å². The summed E-state index contributed by atoms with van der Waals surface area (Å²) in [5.41, 5.74) is 2.88. The van der Waals surface area contributed by atoms with Crippen LogP contribution < -0.4 is 0 Å². The Hall–Kier alpha value is 0.440. The van der Waals surface area contributed by atoms with Crippen molar-refractivity contribution in [2.75, 3.05) is 5.33 Å². The van der Waals surface area contributed by atoms with Crippen molar-refractivity contribution in [3.05, 3.63) is 21.7 Å². The van der Waals surface area contributed by atoms with Crippen molar-refractivity contribution >= 4 is 31.9 Å². The average molecular weight is 266 g/mol. The van der Waals surface area contributed by atoms with Crippen molar-refractivity contribution in [1.29, 1.82) is 0 Å². The molecular formula is C8H10Br2. The summed E-state index contributed by atoms with van der Waals surface area (Å²) in [6, 6.07) is 0. The number of hydrogen-bond donors (Lipinski definition) is 0. The first-order valence-corrected chi connectivity index (χ1v) is 5.26. The quantitative estimate of drug-likeness (QED) is 0.634. The molecule has 0 radical (unpaired) electrons. The van der Waals surface area contributed by atoms with Crippen molar-refractivity contribution < 1.29 is 0 Å². The zero-order valence-corrected chi connectivity index (χ0v) is 9.13. The van der Waals surface area contributed by atoms with E-state index in [-0.39, 0.29) is 0 Å². The van der Waals surface area contributed by atoms with Crippen molar-refractivity contribution in [2.24, 2.45) is 0 Å². The number of halogens is 2. The minimum atomic E-state index is 0.963. The monoisotopic (exact) mass is 264 g/mol. The average Bonchev–Trinajstić information content (AvgIpc) is 1.94. The lowest BCUT2D eigenvalue weighted by Crippen LogP contribution is -1.93. The number of alkyl halides is 1. The van der Waals surface area contributed by atoms with E-state index in [0.717, 1.165) is 5.33 Å². The Morgan fingerprint density at radius 1 is 1.50 bits per heavy atom. The molecule has 0 fully saturated rings. The lowest BCUT2D eigenvalue weighted by Gasteiger charge is -2.11. The van der Waals surface area contributed by atoms with E-state index in [1.54, 1.807) is 0 Å². The minimum Gasteiger partial charge on any atom is -0.0876 e. The molecule has 0 nitrogen and oxygen atoms in total. The fraction of sp³-hybridized carbons (Fsp3) is 0.500. The van der Waals surface area contributed by atoms with Gasteiger partial charge in [0.1, 0.15) is 0 Å². The molecule has 0 aromatic carbocycles. The van der Waals surface area contributed by atoms with E-state index < -0.39 is 0 Å². The molecule has 10 heavy (non-hydrogen) atoms. The maximum Gasteiger partial charge on any atom is 0.0290 e. The summed E-state index contributed by atoms with van der Waals surface area (Å²) in [4.78, 5) is 0. The summed E-state index contributed by atoms with van der Waals surface area (Å²) in [5, 5.41) is 0.963. The van der Waals surface area contributed by atoms with Gasteiger partial charge in [-0.3, -0.25) is 0 Å². The fourth-order valence-corrected chi connectivity index (χ4v) is 2.36. The van der Waals surface area contributed by atoms with Crippen LogP contribution in [0.15, 0.2) is 21.7 Å². The Balaban J connectivity index is 2.82. The fourth-order valence-electron chi connectivity index (χ4n) is 1.03. The Morgan fingerprint density at radius 3 is 2.70 bits per heavy atom. The highest BCUT2D eigenvalue weighted by atomic mass is 79.9. The Morgan fingerprint density at radius 2 is 2.20 bits per heavy atom. The van der Waals surface area contributed by atoms with Gasteiger partial charge >= 0.3 is 0 Å². The third kappa shape index (κ3) is 1.96. The van der Waals surface area contributed by atoms with Crippen molar-refractivity contribution in [2.45, 2.75) is 19.8 Å². The van der Waals surface area contributed by atoms with Gasteiger partial charge in [-0.05, 0) is 29.8 Å². The summed E-state index contributed by atoms with van der Waals surface area (Å²) in [7, 11) is 0. The predicted octanol–water partition coefficient (Wildman–Crippen LogP) is 3.77. The van der Waals surface area contributed by atoms with E-state index in [1.807, 2.05) is 0 Å². The van der Waals surface area contributed by atoms with Crippen molar-refractivity contribution in [3.8, 4) is 0 Å². The van der Waals surface area contributed by atoms with Gasteiger partial charge < -0.3 is 0 Å². The molecule has 0 aromatic rings. The lowest BCUT2D eigenvalue weighted by molar-refractivity contribution is 0.938. The van der Waals surface area contributed by atoms with E-state index in [0.29, 0.717) is 0 Å². The van der Waals surface area contributed by atoms with Gasteiger partial charge in [0.2, 0.25) is 0 Å². The molecule has 1 aliphatic carbocycles. The highest BCUT2D eigenvalue weighted by Crippen LogP contribution is 2.28. The van der Waals surface area contributed by atoms with Gasteiger partial charge in [-0.2, -0.15) is 0 Å². The largest absolute Gasteiger partial charge is 0.0876 e. The molecule has 0 aliphatic heterocycles. The molecule has 56 valence electrons. The molecule has 0 aromatic heterocycles. The van der Waals surface area contributed by atoms with Crippen LogP contribution >= 0.6 is 31.9 Å². The smallest absolute Gasteiger partial charge is 0.0290 e. The van der Waals surface area contributed by atoms with Gasteiger partial charge in [0.15, 0.2) is 0 Å². The van der Waals surface area contributed by atoms with E-state index in [2.05, 4.69) is 44.9 Å². The summed E-state index contributed by atoms with van der Waals surface area (Å²) < 4.78 is 1.36. The van der Waals surface area contributed by atoms with Gasteiger partial charge in [-0.25, -0.2) is 0 Å². The molecule has 0 N–H and O–H groups in total. The Labute approximate surface area is 78.6 Å². The van der Waals surface area contributed by atoms with Crippen LogP contribution in [0.1, 0.15) is 19.8 Å². The highest BCUT2D eigenvalue weighted by molar-refractivity contribution is 9.12. The first-order valence-electron chi connectivity index (χ1n) is 3.34. The Bertz CT molecular complexity index is 189. The molecule has 0 saturated heterocycles. The third-order valence-corrected chi connectivity index (χ3v) is 3.16. The van der Waals surface area contributed by atoms with Crippen LogP contribution in [0, 0.1) is 0 Å². The van der Waals surface area contributed by atoms with E-state index >= 15 is 0 Å². The molecule has 0 unspecified atom stereocenters. The molecule has 0 heterocycles. The highest BCUT2D eigenvalue weighted by Gasteiger charge is 2.06. The standard InChI is InChI=1S/C8H10Br2/c1-6-2-3-8(10)7(4-6)5-9/h4H,2-3,5H2,1H3. The summed E-state index contributed by atoms with van der Waals surface area (Å²) in [6.45, 7) is 2.18. The molecular weight excluding hydrogens is 256 g/mol. The summed E-state index contributed by atoms with van der Waals surface area (Å²) in [5.74, 6) is 0. The van der Waals surface area contributed by atoms with Crippen LogP contribution in [-0.2, 0) is 0 Å².